The van der Waals surface area contributed by atoms with Gasteiger partial charge in [-0.3, -0.25) is 0 Å². The summed E-state index contributed by atoms with van der Waals surface area (Å²) >= 11 is 0. The molecule has 0 amide bonds. The first kappa shape index (κ1) is 19.7. The van der Waals surface area contributed by atoms with Crippen LogP contribution in [0.3, 0.4) is 0 Å². The summed E-state index contributed by atoms with van der Waals surface area (Å²) in [4.78, 5) is 12.3. The molecule has 0 unspecified atom stereocenters. The van der Waals surface area contributed by atoms with Crippen LogP contribution in [0.15, 0.2) is 72.8 Å². The van der Waals surface area contributed by atoms with Crippen LogP contribution in [0.5, 0.6) is 17.2 Å². The number of carbonyl (C=O) groups is 1. The van der Waals surface area contributed by atoms with E-state index in [2.05, 4.69) is 6.07 Å². The quantitative estimate of drug-likeness (QED) is 0.259. The Morgan fingerprint density at radius 1 is 0.862 bits per heavy atom. The highest BCUT2D eigenvalue weighted by atomic mass is 16.6. The molecule has 144 valence electrons. The number of nitrogens with zero attached hydrogens (tertiary/aromatic N) is 1. The van der Waals surface area contributed by atoms with Gasteiger partial charge in [-0.05, 0) is 65.7 Å². The molecule has 3 rings (SSSR count). The molecule has 0 bridgehead atoms. The van der Waals surface area contributed by atoms with Crippen LogP contribution >= 0.6 is 0 Å². The molecular weight excluding hydrogens is 366 g/mol. The number of allylic oxidation sites excluding steroid dienone is 1. The fourth-order valence-electron chi connectivity index (χ4n) is 2.71. The lowest BCUT2D eigenvalue weighted by atomic mass is 10.0. The number of methoxy groups -OCH3 is 2. The van der Waals surface area contributed by atoms with Gasteiger partial charge in [0.05, 0.1) is 31.4 Å². The molecule has 0 aliphatic carbocycles. The molecule has 0 aliphatic heterocycles. The maximum Gasteiger partial charge on any atom is 0.343 e. The summed E-state index contributed by atoms with van der Waals surface area (Å²) in [5, 5.41) is 9.54. The Balaban J connectivity index is 1.86. The summed E-state index contributed by atoms with van der Waals surface area (Å²) in [7, 11) is 3.09. The van der Waals surface area contributed by atoms with E-state index >= 15 is 0 Å². The van der Waals surface area contributed by atoms with Gasteiger partial charge in [-0.25, -0.2) is 4.79 Å². The summed E-state index contributed by atoms with van der Waals surface area (Å²) in [5.74, 6) is 0.956. The molecule has 29 heavy (non-hydrogen) atoms. The van der Waals surface area contributed by atoms with E-state index in [1.165, 1.54) is 7.11 Å². The van der Waals surface area contributed by atoms with Crippen LogP contribution in [0.25, 0.3) is 11.6 Å². The summed E-state index contributed by atoms with van der Waals surface area (Å²) in [6.45, 7) is 0. The lowest BCUT2D eigenvalue weighted by Crippen LogP contribution is -2.09. The minimum atomic E-state index is -0.469. The smallest absolute Gasteiger partial charge is 0.343 e. The minimum Gasteiger partial charge on any atom is -0.497 e. The second kappa shape index (κ2) is 9.25. The van der Waals surface area contributed by atoms with Gasteiger partial charge >= 0.3 is 5.97 Å². The van der Waals surface area contributed by atoms with Gasteiger partial charge in [0.1, 0.15) is 5.75 Å². The second-order valence-electron chi connectivity index (χ2n) is 6.06. The number of hydrogen-bond donors (Lipinski definition) is 0. The van der Waals surface area contributed by atoms with E-state index in [0.717, 1.165) is 16.9 Å². The van der Waals surface area contributed by atoms with Crippen LogP contribution in [0, 0.1) is 11.3 Å². The lowest BCUT2D eigenvalue weighted by molar-refractivity contribution is 0.0729. The highest BCUT2D eigenvalue weighted by Crippen LogP contribution is 2.30. The van der Waals surface area contributed by atoms with Crippen LogP contribution in [-0.2, 0) is 0 Å². The zero-order valence-electron chi connectivity index (χ0n) is 16.1. The van der Waals surface area contributed by atoms with Crippen molar-refractivity contribution in [1.82, 2.24) is 0 Å². The molecule has 5 heteroatoms. The topological polar surface area (TPSA) is 68.5 Å². The third-order valence-corrected chi connectivity index (χ3v) is 4.23. The normalized spacial score (nSPS) is 10.7. The standard InChI is InChI=1S/C24H19NO4/c1-27-21-11-9-18(10-12-21)20(16-25)14-17-8-13-22(23(15-17)28-2)29-24(26)19-6-4-3-5-7-19/h3-15H,1-2H3/b20-14-. The van der Waals surface area contributed by atoms with Crippen molar-refractivity contribution in [3.05, 3.63) is 89.5 Å². The van der Waals surface area contributed by atoms with Crippen molar-refractivity contribution < 1.29 is 19.0 Å². The largest absolute Gasteiger partial charge is 0.497 e. The zero-order chi connectivity index (χ0) is 20.6. The maximum atomic E-state index is 12.3. The maximum absolute atomic E-state index is 12.3. The number of ether oxygens (including phenoxy) is 3. The molecule has 3 aromatic rings. The van der Waals surface area contributed by atoms with Gasteiger partial charge < -0.3 is 14.2 Å². The van der Waals surface area contributed by atoms with Crippen molar-refractivity contribution in [3.8, 4) is 23.3 Å². The Morgan fingerprint density at radius 2 is 1.59 bits per heavy atom. The number of nitriles is 1. The first-order valence-electron chi connectivity index (χ1n) is 8.86. The van der Waals surface area contributed by atoms with Crippen molar-refractivity contribution in [3.63, 3.8) is 0 Å². The summed E-state index contributed by atoms with van der Waals surface area (Å²) in [6, 6.07) is 23.3. The molecule has 0 fully saturated rings. The predicted octanol–water partition coefficient (Wildman–Crippen LogP) is 4.99. The first-order chi connectivity index (χ1) is 14.1. The SMILES string of the molecule is COc1ccc(/C(C#N)=C\c2ccc(OC(=O)c3ccccc3)c(OC)c2)cc1. The van der Waals surface area contributed by atoms with Gasteiger partial charge in [0.15, 0.2) is 11.5 Å². The number of rotatable bonds is 6. The molecule has 3 aromatic carbocycles. The van der Waals surface area contributed by atoms with Gasteiger partial charge in [-0.15, -0.1) is 0 Å². The molecular formula is C24H19NO4. The molecule has 0 saturated heterocycles. The predicted molar refractivity (Wildman–Crippen MR) is 111 cm³/mol. The third kappa shape index (κ3) is 4.82. The lowest BCUT2D eigenvalue weighted by Gasteiger charge is -2.10. The molecule has 5 nitrogen and oxygen atoms in total. The van der Waals surface area contributed by atoms with E-state index < -0.39 is 5.97 Å². The first-order valence-corrected chi connectivity index (χ1v) is 8.86. The monoisotopic (exact) mass is 385 g/mol. The fraction of sp³-hybridized carbons (Fsp3) is 0.0833. The van der Waals surface area contributed by atoms with Crippen molar-refractivity contribution >= 4 is 17.6 Å². The Hall–Kier alpha value is -4.04. The van der Waals surface area contributed by atoms with Crippen LogP contribution in [0.4, 0.5) is 0 Å². The van der Waals surface area contributed by atoms with Gasteiger partial charge in [0.2, 0.25) is 0 Å². The Labute approximate surface area is 169 Å². The number of esters is 1. The second-order valence-corrected chi connectivity index (χ2v) is 6.06. The summed E-state index contributed by atoms with van der Waals surface area (Å²) in [5.41, 5.74) is 2.45. The zero-order valence-corrected chi connectivity index (χ0v) is 16.1. The molecule has 0 atom stereocenters. The third-order valence-electron chi connectivity index (χ3n) is 4.23. The summed E-state index contributed by atoms with van der Waals surface area (Å²) < 4.78 is 16.0. The average Bonchev–Trinajstić information content (AvgIpc) is 2.78. The molecule has 0 N–H and O–H groups in total. The van der Waals surface area contributed by atoms with Gasteiger partial charge in [0, 0.05) is 0 Å². The highest BCUT2D eigenvalue weighted by molar-refractivity contribution is 5.92. The Bertz CT molecular complexity index is 1060. The number of hydrogen-bond acceptors (Lipinski definition) is 5. The van der Waals surface area contributed by atoms with E-state index in [0.29, 0.717) is 22.6 Å². The summed E-state index contributed by atoms with van der Waals surface area (Å²) in [6.07, 6.45) is 1.74. The highest BCUT2D eigenvalue weighted by Gasteiger charge is 2.13. The molecule has 0 spiro atoms. The van der Waals surface area contributed by atoms with E-state index in [1.54, 1.807) is 67.8 Å². The average molecular weight is 385 g/mol. The minimum absolute atomic E-state index is 0.307. The Kier molecular flexibility index (Phi) is 6.29. The van der Waals surface area contributed by atoms with Crippen molar-refractivity contribution in [1.29, 1.82) is 5.26 Å². The van der Waals surface area contributed by atoms with E-state index in [9.17, 15) is 10.1 Å². The van der Waals surface area contributed by atoms with Crippen molar-refractivity contribution in [2.45, 2.75) is 0 Å². The van der Waals surface area contributed by atoms with Crippen LogP contribution in [0.2, 0.25) is 0 Å². The van der Waals surface area contributed by atoms with E-state index in [4.69, 9.17) is 14.2 Å². The van der Waals surface area contributed by atoms with Crippen molar-refractivity contribution in [2.75, 3.05) is 14.2 Å². The molecule has 0 aliphatic rings. The van der Waals surface area contributed by atoms with E-state index in [-0.39, 0.29) is 0 Å². The van der Waals surface area contributed by atoms with Crippen molar-refractivity contribution in [2.24, 2.45) is 0 Å². The number of carbonyl (C=O) groups excluding carboxylic acids is 1. The Morgan fingerprint density at radius 3 is 2.21 bits per heavy atom. The van der Waals surface area contributed by atoms with E-state index in [1.807, 2.05) is 18.2 Å². The van der Waals surface area contributed by atoms with Crippen LogP contribution < -0.4 is 14.2 Å². The molecule has 0 radical (unpaired) electrons. The fourth-order valence-corrected chi connectivity index (χ4v) is 2.71. The van der Waals surface area contributed by atoms with Crippen LogP contribution in [0.1, 0.15) is 21.5 Å². The van der Waals surface area contributed by atoms with Gasteiger partial charge in [-0.1, -0.05) is 24.3 Å². The molecule has 0 heterocycles. The molecule has 0 saturated carbocycles. The van der Waals surface area contributed by atoms with Crippen LogP contribution in [-0.4, -0.2) is 20.2 Å². The van der Waals surface area contributed by atoms with Gasteiger partial charge in [-0.2, -0.15) is 5.26 Å². The molecule has 0 aromatic heterocycles. The van der Waals surface area contributed by atoms with Gasteiger partial charge in [0.25, 0.3) is 0 Å². The number of benzene rings is 3.